The van der Waals surface area contributed by atoms with Crippen LogP contribution in [0, 0.1) is 13.8 Å². The summed E-state index contributed by atoms with van der Waals surface area (Å²) in [5.74, 6) is 2.57. The fourth-order valence-electron chi connectivity index (χ4n) is 2.42. The maximum absolute atomic E-state index is 5.73. The Bertz CT molecular complexity index is 605. The van der Waals surface area contributed by atoms with Crippen LogP contribution in [0.2, 0.25) is 0 Å². The van der Waals surface area contributed by atoms with Crippen LogP contribution in [0.25, 0.3) is 0 Å². The first kappa shape index (κ1) is 13.6. The summed E-state index contributed by atoms with van der Waals surface area (Å²) in [6, 6.07) is 6.40. The number of rotatable bonds is 3. The SMILES string of the molecule is Cc1nc(CNC2CCOc3c(Br)cccc32)oc1C. The van der Waals surface area contributed by atoms with E-state index in [9.17, 15) is 0 Å². The van der Waals surface area contributed by atoms with E-state index in [2.05, 4.69) is 32.3 Å². The van der Waals surface area contributed by atoms with Crippen molar-refractivity contribution in [3.8, 4) is 5.75 Å². The maximum atomic E-state index is 5.73. The second-order valence-electron chi connectivity index (χ2n) is 4.98. The average molecular weight is 337 g/mol. The van der Waals surface area contributed by atoms with Gasteiger partial charge in [0.25, 0.3) is 0 Å². The number of para-hydroxylation sites is 1. The standard InChI is InChI=1S/C15H17BrN2O2/c1-9-10(2)20-14(18-9)8-17-13-6-7-19-15-11(13)4-3-5-12(15)16/h3-5,13,17H,6-8H2,1-2H3. The molecule has 2 heterocycles. The number of nitrogens with one attached hydrogen (secondary N) is 1. The summed E-state index contributed by atoms with van der Waals surface area (Å²) < 4.78 is 12.3. The van der Waals surface area contributed by atoms with Crippen LogP contribution in [-0.2, 0) is 6.54 Å². The molecule has 0 fully saturated rings. The molecule has 1 N–H and O–H groups in total. The lowest BCUT2D eigenvalue weighted by molar-refractivity contribution is 0.247. The van der Waals surface area contributed by atoms with Crippen LogP contribution in [0.1, 0.15) is 35.4 Å². The molecule has 1 unspecified atom stereocenters. The van der Waals surface area contributed by atoms with Crippen molar-refractivity contribution in [3.63, 3.8) is 0 Å². The highest BCUT2D eigenvalue weighted by Gasteiger charge is 2.23. The summed E-state index contributed by atoms with van der Waals surface area (Å²) in [5.41, 5.74) is 2.14. The summed E-state index contributed by atoms with van der Waals surface area (Å²) in [6.07, 6.45) is 0.947. The Morgan fingerprint density at radius 1 is 1.40 bits per heavy atom. The molecule has 0 saturated heterocycles. The zero-order valence-electron chi connectivity index (χ0n) is 11.6. The molecule has 1 aliphatic heterocycles. The van der Waals surface area contributed by atoms with Crippen molar-refractivity contribution in [1.29, 1.82) is 0 Å². The molecular formula is C15H17BrN2O2. The van der Waals surface area contributed by atoms with Gasteiger partial charge in [-0.3, -0.25) is 0 Å². The first-order valence-electron chi connectivity index (χ1n) is 6.72. The van der Waals surface area contributed by atoms with Gasteiger partial charge in [0.1, 0.15) is 11.5 Å². The third-order valence-electron chi connectivity index (χ3n) is 3.60. The Morgan fingerprint density at radius 3 is 3.00 bits per heavy atom. The molecule has 1 aromatic heterocycles. The lowest BCUT2D eigenvalue weighted by atomic mass is 10.0. The smallest absolute Gasteiger partial charge is 0.208 e. The lowest BCUT2D eigenvalue weighted by Gasteiger charge is -2.27. The number of benzene rings is 1. The zero-order chi connectivity index (χ0) is 14.1. The van der Waals surface area contributed by atoms with E-state index in [1.54, 1.807) is 0 Å². The van der Waals surface area contributed by atoms with Crippen LogP contribution >= 0.6 is 15.9 Å². The van der Waals surface area contributed by atoms with Crippen LogP contribution < -0.4 is 10.1 Å². The van der Waals surface area contributed by atoms with Crippen LogP contribution in [-0.4, -0.2) is 11.6 Å². The van der Waals surface area contributed by atoms with Gasteiger partial charge in [0.05, 0.1) is 23.3 Å². The highest BCUT2D eigenvalue weighted by molar-refractivity contribution is 9.10. The molecule has 4 nitrogen and oxygen atoms in total. The Morgan fingerprint density at radius 2 is 2.25 bits per heavy atom. The van der Waals surface area contributed by atoms with Gasteiger partial charge in [0, 0.05) is 18.0 Å². The van der Waals surface area contributed by atoms with E-state index in [1.807, 2.05) is 26.0 Å². The first-order chi connectivity index (χ1) is 9.65. The second-order valence-corrected chi connectivity index (χ2v) is 5.83. The van der Waals surface area contributed by atoms with E-state index in [-0.39, 0.29) is 6.04 Å². The quantitative estimate of drug-likeness (QED) is 0.928. The normalized spacial score (nSPS) is 17.6. The molecule has 1 aromatic carbocycles. The van der Waals surface area contributed by atoms with Crippen LogP contribution in [0.3, 0.4) is 0 Å². The summed E-state index contributed by atoms with van der Waals surface area (Å²) in [7, 11) is 0. The van der Waals surface area contributed by atoms with E-state index in [0.717, 1.165) is 40.6 Å². The van der Waals surface area contributed by atoms with Gasteiger partial charge in [-0.1, -0.05) is 12.1 Å². The highest BCUT2D eigenvalue weighted by Crippen LogP contribution is 2.37. The molecule has 3 rings (SSSR count). The van der Waals surface area contributed by atoms with Crippen LogP contribution in [0.5, 0.6) is 5.75 Å². The minimum absolute atomic E-state index is 0.267. The molecule has 106 valence electrons. The largest absolute Gasteiger partial charge is 0.492 e. The molecule has 0 spiro atoms. The maximum Gasteiger partial charge on any atom is 0.208 e. The Balaban J connectivity index is 1.75. The van der Waals surface area contributed by atoms with Crippen molar-refractivity contribution in [2.45, 2.75) is 32.9 Å². The van der Waals surface area contributed by atoms with Crippen molar-refractivity contribution >= 4 is 15.9 Å². The van der Waals surface area contributed by atoms with E-state index >= 15 is 0 Å². The van der Waals surface area contributed by atoms with Gasteiger partial charge in [-0.2, -0.15) is 0 Å². The number of halogens is 1. The predicted octanol–water partition coefficient (Wildman–Crippen LogP) is 3.67. The van der Waals surface area contributed by atoms with Gasteiger partial charge < -0.3 is 14.5 Å². The molecule has 1 aliphatic rings. The predicted molar refractivity (Wildman–Crippen MR) is 79.8 cm³/mol. The molecule has 0 bridgehead atoms. The van der Waals surface area contributed by atoms with Gasteiger partial charge >= 0.3 is 0 Å². The number of nitrogens with zero attached hydrogens (tertiary/aromatic N) is 1. The summed E-state index contributed by atoms with van der Waals surface area (Å²) in [5, 5.41) is 3.50. The third kappa shape index (κ3) is 2.60. The monoisotopic (exact) mass is 336 g/mol. The number of fused-ring (bicyclic) bond motifs is 1. The van der Waals surface area contributed by atoms with Crippen LogP contribution in [0.4, 0.5) is 0 Å². The number of hydrogen-bond acceptors (Lipinski definition) is 4. The Kier molecular flexibility index (Phi) is 3.81. The van der Waals surface area contributed by atoms with Crippen molar-refractivity contribution in [1.82, 2.24) is 10.3 Å². The molecular weight excluding hydrogens is 320 g/mol. The van der Waals surface area contributed by atoms with Gasteiger partial charge in [0.2, 0.25) is 5.89 Å². The lowest BCUT2D eigenvalue weighted by Crippen LogP contribution is -2.27. The minimum atomic E-state index is 0.267. The van der Waals surface area contributed by atoms with E-state index in [0.29, 0.717) is 6.54 Å². The molecule has 2 aromatic rings. The Hall–Kier alpha value is -1.33. The molecule has 0 radical (unpaired) electrons. The van der Waals surface area contributed by atoms with E-state index in [1.165, 1.54) is 5.56 Å². The number of oxazole rings is 1. The third-order valence-corrected chi connectivity index (χ3v) is 4.22. The topological polar surface area (TPSA) is 47.3 Å². The van der Waals surface area contributed by atoms with E-state index in [4.69, 9.17) is 9.15 Å². The van der Waals surface area contributed by atoms with Gasteiger partial charge in [-0.05, 0) is 35.8 Å². The first-order valence-corrected chi connectivity index (χ1v) is 7.52. The van der Waals surface area contributed by atoms with Crippen molar-refractivity contribution in [2.75, 3.05) is 6.61 Å². The van der Waals surface area contributed by atoms with Crippen molar-refractivity contribution in [2.24, 2.45) is 0 Å². The van der Waals surface area contributed by atoms with Crippen LogP contribution in [0.15, 0.2) is 27.1 Å². The molecule has 1 atom stereocenters. The second kappa shape index (κ2) is 5.58. The molecule has 0 amide bonds. The van der Waals surface area contributed by atoms with Gasteiger partial charge in [0.15, 0.2) is 0 Å². The van der Waals surface area contributed by atoms with Gasteiger partial charge in [-0.25, -0.2) is 4.98 Å². The highest BCUT2D eigenvalue weighted by atomic mass is 79.9. The fraction of sp³-hybridized carbons (Fsp3) is 0.400. The summed E-state index contributed by atoms with van der Waals surface area (Å²) >= 11 is 3.53. The number of ether oxygens (including phenoxy) is 1. The average Bonchev–Trinajstić information content (AvgIpc) is 2.76. The minimum Gasteiger partial charge on any atom is -0.492 e. The van der Waals surface area contributed by atoms with Crippen molar-refractivity contribution in [3.05, 3.63) is 45.6 Å². The fourth-order valence-corrected chi connectivity index (χ4v) is 2.92. The molecule has 5 heteroatoms. The molecule has 0 saturated carbocycles. The molecule has 20 heavy (non-hydrogen) atoms. The van der Waals surface area contributed by atoms with Crippen molar-refractivity contribution < 1.29 is 9.15 Å². The van der Waals surface area contributed by atoms with E-state index < -0.39 is 0 Å². The van der Waals surface area contributed by atoms with Gasteiger partial charge in [-0.15, -0.1) is 0 Å². The number of aryl methyl sites for hydroxylation is 2. The number of aromatic nitrogens is 1. The molecule has 0 aliphatic carbocycles. The Labute approximate surface area is 126 Å². The summed E-state index contributed by atoms with van der Waals surface area (Å²) in [4.78, 5) is 4.40. The number of hydrogen-bond donors (Lipinski definition) is 1. The zero-order valence-corrected chi connectivity index (χ0v) is 13.2. The summed E-state index contributed by atoms with van der Waals surface area (Å²) in [6.45, 7) is 5.25.